The van der Waals surface area contributed by atoms with Crippen LogP contribution >= 0.6 is 0 Å². The number of hydrogen-bond acceptors (Lipinski definition) is 5. The quantitative estimate of drug-likeness (QED) is 0.585. The summed E-state index contributed by atoms with van der Waals surface area (Å²) in [6, 6.07) is 15.4. The molecule has 0 radical (unpaired) electrons. The maximum Gasteiger partial charge on any atom is 0.254 e. The highest BCUT2D eigenvalue weighted by Gasteiger charge is 2.30. The van der Waals surface area contributed by atoms with Crippen LogP contribution in [-0.2, 0) is 6.61 Å². The average Bonchev–Trinajstić information content (AvgIpc) is 3.39. The van der Waals surface area contributed by atoms with Gasteiger partial charge in [0.1, 0.15) is 23.9 Å². The minimum Gasteiger partial charge on any atom is -0.497 e. The zero-order valence-corrected chi connectivity index (χ0v) is 17.6. The zero-order valence-electron chi connectivity index (χ0n) is 17.6. The molecule has 2 aromatic carbocycles. The molecular weight excluding hydrogens is 380 g/mol. The van der Waals surface area contributed by atoms with Gasteiger partial charge in [0, 0.05) is 12.1 Å². The summed E-state index contributed by atoms with van der Waals surface area (Å²) < 4.78 is 16.3. The van der Waals surface area contributed by atoms with Gasteiger partial charge in [0.15, 0.2) is 0 Å². The van der Waals surface area contributed by atoms with Crippen molar-refractivity contribution >= 4 is 5.91 Å². The third-order valence-corrected chi connectivity index (χ3v) is 5.68. The van der Waals surface area contributed by atoms with Crippen molar-refractivity contribution in [3.05, 3.63) is 76.7 Å². The molecule has 0 unspecified atom stereocenters. The fourth-order valence-corrected chi connectivity index (χ4v) is 3.91. The molecule has 0 bridgehead atoms. The second kappa shape index (κ2) is 8.61. The molecule has 156 valence electrons. The van der Waals surface area contributed by atoms with Crippen LogP contribution in [0.3, 0.4) is 0 Å². The van der Waals surface area contributed by atoms with E-state index in [0.29, 0.717) is 17.9 Å². The second-order valence-corrected chi connectivity index (χ2v) is 7.55. The SMILES string of the molecule is COc1ccc([C@H]2CCCN2C(=O)c2ccc(OCc3c(C)noc3C)cc2)cc1. The summed E-state index contributed by atoms with van der Waals surface area (Å²) in [5.41, 5.74) is 3.59. The number of aromatic nitrogens is 1. The second-order valence-electron chi connectivity index (χ2n) is 7.55. The summed E-state index contributed by atoms with van der Waals surface area (Å²) in [6.45, 7) is 4.92. The molecule has 0 N–H and O–H groups in total. The fraction of sp³-hybridized carbons (Fsp3) is 0.333. The maximum absolute atomic E-state index is 13.1. The summed E-state index contributed by atoms with van der Waals surface area (Å²) in [7, 11) is 1.65. The van der Waals surface area contributed by atoms with Crippen LogP contribution in [0.4, 0.5) is 0 Å². The lowest BCUT2D eigenvalue weighted by molar-refractivity contribution is 0.0735. The molecule has 1 atom stereocenters. The van der Waals surface area contributed by atoms with Crippen molar-refractivity contribution in [3.8, 4) is 11.5 Å². The summed E-state index contributed by atoms with van der Waals surface area (Å²) in [5, 5.41) is 3.94. The van der Waals surface area contributed by atoms with Crippen LogP contribution in [0, 0.1) is 13.8 Å². The van der Waals surface area contributed by atoms with Gasteiger partial charge in [-0.25, -0.2) is 0 Å². The Bertz CT molecular complexity index is 989. The molecule has 0 aliphatic carbocycles. The summed E-state index contributed by atoms with van der Waals surface area (Å²) >= 11 is 0. The summed E-state index contributed by atoms with van der Waals surface area (Å²) in [4.78, 5) is 15.1. The fourth-order valence-electron chi connectivity index (χ4n) is 3.91. The molecule has 1 aliphatic heterocycles. The molecule has 6 nitrogen and oxygen atoms in total. The Kier molecular flexibility index (Phi) is 5.74. The highest BCUT2D eigenvalue weighted by molar-refractivity contribution is 5.94. The number of carbonyl (C=O) groups is 1. The molecule has 3 aromatic rings. The monoisotopic (exact) mass is 406 g/mol. The number of likely N-dealkylation sites (tertiary alicyclic amines) is 1. The molecule has 0 saturated carbocycles. The van der Waals surface area contributed by atoms with Crippen molar-refractivity contribution in [2.75, 3.05) is 13.7 Å². The minimum absolute atomic E-state index is 0.0468. The number of nitrogens with zero attached hydrogens (tertiary/aromatic N) is 2. The Labute approximate surface area is 176 Å². The lowest BCUT2D eigenvalue weighted by atomic mass is 10.0. The highest BCUT2D eigenvalue weighted by Crippen LogP contribution is 2.34. The molecule has 0 spiro atoms. The number of amides is 1. The first-order valence-electron chi connectivity index (χ1n) is 10.2. The van der Waals surface area contributed by atoms with Crippen molar-refractivity contribution in [2.45, 2.75) is 39.3 Å². The van der Waals surface area contributed by atoms with Gasteiger partial charge in [0.2, 0.25) is 0 Å². The van der Waals surface area contributed by atoms with Gasteiger partial charge in [-0.15, -0.1) is 0 Å². The van der Waals surface area contributed by atoms with Gasteiger partial charge in [0.25, 0.3) is 5.91 Å². The standard InChI is InChI=1S/C24H26N2O4/c1-16-22(17(2)30-25-16)15-29-21-12-8-19(9-13-21)24(27)26-14-4-5-23(26)18-6-10-20(28-3)11-7-18/h6-13,23H,4-5,14-15H2,1-3H3/t23-/m1/s1. The van der Waals surface area contributed by atoms with E-state index in [1.807, 2.05) is 67.3 Å². The van der Waals surface area contributed by atoms with Gasteiger partial charge in [-0.2, -0.15) is 0 Å². The van der Waals surface area contributed by atoms with Crippen molar-refractivity contribution in [1.29, 1.82) is 0 Å². The molecule has 30 heavy (non-hydrogen) atoms. The lowest BCUT2D eigenvalue weighted by Gasteiger charge is -2.25. The number of aryl methyl sites for hydroxylation is 2. The van der Waals surface area contributed by atoms with E-state index in [2.05, 4.69) is 5.16 Å². The van der Waals surface area contributed by atoms with E-state index in [-0.39, 0.29) is 11.9 Å². The molecule has 1 amide bonds. The lowest BCUT2D eigenvalue weighted by Crippen LogP contribution is -2.30. The first-order valence-corrected chi connectivity index (χ1v) is 10.2. The number of rotatable bonds is 6. The van der Waals surface area contributed by atoms with Crippen molar-refractivity contribution in [2.24, 2.45) is 0 Å². The van der Waals surface area contributed by atoms with Crippen LogP contribution < -0.4 is 9.47 Å². The van der Waals surface area contributed by atoms with Crippen LogP contribution in [0.15, 0.2) is 53.1 Å². The largest absolute Gasteiger partial charge is 0.497 e. The minimum atomic E-state index is 0.0468. The van der Waals surface area contributed by atoms with Gasteiger partial charge in [-0.3, -0.25) is 4.79 Å². The van der Waals surface area contributed by atoms with Crippen LogP contribution in [-0.4, -0.2) is 29.6 Å². The predicted molar refractivity (Wildman–Crippen MR) is 113 cm³/mol. The van der Waals surface area contributed by atoms with Crippen LogP contribution in [0.25, 0.3) is 0 Å². The Balaban J connectivity index is 1.43. The maximum atomic E-state index is 13.1. The molecule has 1 aromatic heterocycles. The number of benzene rings is 2. The number of ether oxygens (including phenoxy) is 2. The molecule has 1 saturated heterocycles. The van der Waals surface area contributed by atoms with Gasteiger partial charge >= 0.3 is 0 Å². The normalized spacial score (nSPS) is 16.0. The van der Waals surface area contributed by atoms with Crippen molar-refractivity contribution < 1.29 is 18.8 Å². The molecule has 6 heteroatoms. The Morgan fingerprint density at radius 1 is 1.10 bits per heavy atom. The van der Waals surface area contributed by atoms with E-state index in [4.69, 9.17) is 14.0 Å². The van der Waals surface area contributed by atoms with E-state index < -0.39 is 0 Å². The number of carbonyl (C=O) groups excluding carboxylic acids is 1. The first kappa shape index (κ1) is 20.0. The molecule has 1 fully saturated rings. The summed E-state index contributed by atoms with van der Waals surface area (Å²) in [6.07, 6.45) is 1.97. The third kappa shape index (κ3) is 4.03. The molecule has 1 aliphatic rings. The topological polar surface area (TPSA) is 64.8 Å². The Morgan fingerprint density at radius 3 is 2.43 bits per heavy atom. The van der Waals surface area contributed by atoms with Crippen molar-refractivity contribution in [1.82, 2.24) is 10.1 Å². The highest BCUT2D eigenvalue weighted by atomic mass is 16.5. The van der Waals surface area contributed by atoms with E-state index in [0.717, 1.165) is 47.7 Å². The van der Waals surface area contributed by atoms with Crippen LogP contribution in [0.5, 0.6) is 11.5 Å². The third-order valence-electron chi connectivity index (χ3n) is 5.68. The first-order chi connectivity index (χ1) is 14.6. The van der Waals surface area contributed by atoms with Gasteiger partial charge in [-0.05, 0) is 68.7 Å². The van der Waals surface area contributed by atoms with E-state index >= 15 is 0 Å². The summed E-state index contributed by atoms with van der Waals surface area (Å²) in [5.74, 6) is 2.34. The molecule has 4 rings (SSSR count). The Hall–Kier alpha value is -3.28. The molecule has 2 heterocycles. The van der Waals surface area contributed by atoms with Gasteiger partial charge in [0.05, 0.1) is 24.4 Å². The van der Waals surface area contributed by atoms with Crippen molar-refractivity contribution in [3.63, 3.8) is 0 Å². The smallest absolute Gasteiger partial charge is 0.254 e. The van der Waals surface area contributed by atoms with E-state index in [1.54, 1.807) is 7.11 Å². The van der Waals surface area contributed by atoms with Crippen LogP contribution in [0.2, 0.25) is 0 Å². The number of methoxy groups -OCH3 is 1. The predicted octanol–water partition coefficient (Wildman–Crippen LogP) is 4.86. The number of hydrogen-bond donors (Lipinski definition) is 0. The van der Waals surface area contributed by atoms with E-state index in [9.17, 15) is 4.79 Å². The average molecular weight is 406 g/mol. The Morgan fingerprint density at radius 2 is 1.80 bits per heavy atom. The van der Waals surface area contributed by atoms with Gasteiger partial charge < -0.3 is 18.9 Å². The molecular formula is C24H26N2O4. The van der Waals surface area contributed by atoms with Crippen LogP contribution in [0.1, 0.15) is 51.8 Å². The van der Waals surface area contributed by atoms with Gasteiger partial charge in [-0.1, -0.05) is 17.3 Å². The van der Waals surface area contributed by atoms with E-state index in [1.165, 1.54) is 0 Å². The zero-order chi connectivity index (χ0) is 21.1.